The number of aromatic amines is 1. The Morgan fingerprint density at radius 3 is 2.86 bits per heavy atom. The molecular weight excluding hydrogens is 391 g/mol. The van der Waals surface area contributed by atoms with E-state index in [9.17, 15) is 13.2 Å². The molecule has 12 heteroatoms. The molecular formula is C17H14F3N7O2. The molecule has 0 bridgehead atoms. The van der Waals surface area contributed by atoms with Crippen molar-refractivity contribution in [1.29, 1.82) is 5.53 Å². The molecule has 150 valence electrons. The van der Waals surface area contributed by atoms with Crippen LogP contribution in [0.2, 0.25) is 0 Å². The molecule has 0 saturated carbocycles. The fourth-order valence-electron chi connectivity index (χ4n) is 2.15. The zero-order valence-corrected chi connectivity index (χ0v) is 14.6. The lowest BCUT2D eigenvalue weighted by Gasteiger charge is -2.09. The second kappa shape index (κ2) is 9.30. The van der Waals surface area contributed by atoms with Crippen LogP contribution in [0.1, 0.15) is 0 Å². The van der Waals surface area contributed by atoms with Gasteiger partial charge in [-0.05, 0) is 24.3 Å². The average molecular weight is 405 g/mol. The van der Waals surface area contributed by atoms with Gasteiger partial charge in [0.2, 0.25) is 0 Å². The first-order valence-corrected chi connectivity index (χ1v) is 8.08. The van der Waals surface area contributed by atoms with Crippen LogP contribution in [-0.2, 0) is 0 Å². The Balaban J connectivity index is 1.64. The first kappa shape index (κ1) is 19.8. The lowest BCUT2D eigenvalue weighted by Crippen LogP contribution is -2.06. The molecule has 0 unspecified atom stereocenters. The number of nitrogens with zero attached hydrogens (tertiary/aromatic N) is 4. The maximum atomic E-state index is 13.4. The van der Waals surface area contributed by atoms with Crippen LogP contribution < -0.4 is 14.8 Å². The normalized spacial score (nSPS) is 11.4. The third-order valence-corrected chi connectivity index (χ3v) is 3.46. The van der Waals surface area contributed by atoms with Gasteiger partial charge in [-0.1, -0.05) is 0 Å². The van der Waals surface area contributed by atoms with Crippen LogP contribution in [0.5, 0.6) is 11.8 Å². The van der Waals surface area contributed by atoms with Crippen molar-refractivity contribution in [3.8, 4) is 23.1 Å². The van der Waals surface area contributed by atoms with Crippen molar-refractivity contribution in [1.82, 2.24) is 20.2 Å². The summed E-state index contributed by atoms with van der Waals surface area (Å²) in [6.07, 6.45) is 4.38. The average Bonchev–Trinajstić information content (AvgIpc) is 3.25. The lowest BCUT2D eigenvalue weighted by atomic mass is 10.3. The molecule has 9 nitrogen and oxygen atoms in total. The number of ether oxygens (including phenoxy) is 2. The molecule has 2 heterocycles. The fourth-order valence-corrected chi connectivity index (χ4v) is 2.15. The number of aromatic nitrogens is 4. The highest BCUT2D eigenvalue weighted by molar-refractivity contribution is 5.53. The molecule has 0 aliphatic rings. The summed E-state index contributed by atoms with van der Waals surface area (Å²) in [4.78, 5) is 8.18. The molecule has 0 saturated heterocycles. The van der Waals surface area contributed by atoms with Crippen LogP contribution in [0.3, 0.4) is 0 Å². The SMILES string of the molecule is N=N/C(=C\Nc1ccc(F)c(OC(F)F)c1)COc1nccc(-c2ccn[nH]2)n1. The number of nitrogens with one attached hydrogen (secondary N) is 3. The van der Waals surface area contributed by atoms with Gasteiger partial charge in [0.15, 0.2) is 11.6 Å². The number of alkyl halides is 2. The summed E-state index contributed by atoms with van der Waals surface area (Å²) in [7, 11) is 0. The first-order valence-electron chi connectivity index (χ1n) is 8.08. The summed E-state index contributed by atoms with van der Waals surface area (Å²) < 4.78 is 47.5. The maximum Gasteiger partial charge on any atom is 0.387 e. The van der Waals surface area contributed by atoms with E-state index in [4.69, 9.17) is 10.3 Å². The number of rotatable bonds is 9. The topological polar surface area (TPSA) is 121 Å². The van der Waals surface area contributed by atoms with E-state index in [1.165, 1.54) is 18.5 Å². The minimum absolute atomic E-state index is 0.0565. The van der Waals surface area contributed by atoms with E-state index in [-0.39, 0.29) is 24.0 Å². The van der Waals surface area contributed by atoms with Gasteiger partial charge in [-0.2, -0.15) is 24.0 Å². The molecule has 0 fully saturated rings. The lowest BCUT2D eigenvalue weighted by molar-refractivity contribution is -0.0521. The third-order valence-electron chi connectivity index (χ3n) is 3.46. The molecule has 0 aliphatic heterocycles. The summed E-state index contributed by atoms with van der Waals surface area (Å²) in [6.45, 7) is -3.30. The van der Waals surface area contributed by atoms with Gasteiger partial charge in [-0.15, -0.1) is 0 Å². The van der Waals surface area contributed by atoms with E-state index in [1.807, 2.05) is 0 Å². The van der Waals surface area contributed by atoms with Crippen molar-refractivity contribution in [2.24, 2.45) is 5.11 Å². The van der Waals surface area contributed by atoms with Crippen LogP contribution >= 0.6 is 0 Å². The highest BCUT2D eigenvalue weighted by Gasteiger charge is 2.10. The third kappa shape index (κ3) is 5.51. The van der Waals surface area contributed by atoms with Crippen molar-refractivity contribution >= 4 is 5.69 Å². The first-order chi connectivity index (χ1) is 14.0. The Morgan fingerprint density at radius 2 is 2.14 bits per heavy atom. The molecule has 2 aromatic heterocycles. The largest absolute Gasteiger partial charge is 0.457 e. The van der Waals surface area contributed by atoms with Crippen molar-refractivity contribution in [2.75, 3.05) is 11.9 Å². The van der Waals surface area contributed by atoms with Gasteiger partial charge in [-0.3, -0.25) is 5.10 Å². The molecule has 0 spiro atoms. The van der Waals surface area contributed by atoms with Gasteiger partial charge in [0, 0.05) is 30.3 Å². The Kier molecular flexibility index (Phi) is 6.35. The minimum Gasteiger partial charge on any atom is -0.457 e. The minimum atomic E-state index is -3.15. The van der Waals surface area contributed by atoms with E-state index in [2.05, 4.69) is 35.3 Å². The molecule has 3 N–H and O–H groups in total. The van der Waals surface area contributed by atoms with Gasteiger partial charge in [0.25, 0.3) is 0 Å². The predicted octanol–water partition coefficient (Wildman–Crippen LogP) is 3.97. The van der Waals surface area contributed by atoms with Gasteiger partial charge in [0.1, 0.15) is 12.3 Å². The number of hydrogen-bond donors (Lipinski definition) is 3. The molecule has 0 aliphatic carbocycles. The highest BCUT2D eigenvalue weighted by Crippen LogP contribution is 2.24. The second-order valence-corrected chi connectivity index (χ2v) is 5.40. The molecule has 0 radical (unpaired) electrons. The zero-order chi connectivity index (χ0) is 20.6. The van der Waals surface area contributed by atoms with E-state index in [0.717, 1.165) is 12.1 Å². The zero-order valence-electron chi connectivity index (χ0n) is 14.6. The van der Waals surface area contributed by atoms with E-state index in [1.54, 1.807) is 18.3 Å². The van der Waals surface area contributed by atoms with Crippen LogP contribution in [0.25, 0.3) is 11.4 Å². The standard InChI is InChI=1S/C17H14F3N7O2/c18-12-2-1-10(7-15(12)29-16(19)20)23-8-11(26-21)9-28-17-22-5-3-13(25-17)14-4-6-24-27-14/h1-8,16,21,23H,9H2,(H,24,27)/b11-8-,26-21?. The van der Waals surface area contributed by atoms with Crippen molar-refractivity contribution in [2.45, 2.75) is 6.61 Å². The van der Waals surface area contributed by atoms with E-state index < -0.39 is 18.2 Å². The van der Waals surface area contributed by atoms with E-state index in [0.29, 0.717) is 11.4 Å². The summed E-state index contributed by atoms with van der Waals surface area (Å²) in [5.74, 6) is -1.54. The Labute approximate surface area is 162 Å². The van der Waals surface area contributed by atoms with Crippen molar-refractivity contribution < 1.29 is 22.6 Å². The molecule has 0 amide bonds. The number of hydrogen-bond acceptors (Lipinski definition) is 8. The Morgan fingerprint density at radius 1 is 1.28 bits per heavy atom. The monoisotopic (exact) mass is 405 g/mol. The van der Waals surface area contributed by atoms with E-state index >= 15 is 0 Å². The number of benzene rings is 1. The van der Waals surface area contributed by atoms with Crippen molar-refractivity contribution in [3.63, 3.8) is 0 Å². The summed E-state index contributed by atoms with van der Waals surface area (Å²) in [5.41, 5.74) is 8.85. The fraction of sp³-hybridized carbons (Fsp3) is 0.118. The van der Waals surface area contributed by atoms with Gasteiger partial charge in [0.05, 0.1) is 11.4 Å². The van der Waals surface area contributed by atoms with Gasteiger partial charge < -0.3 is 14.8 Å². The summed E-state index contributed by atoms with van der Waals surface area (Å²) in [6, 6.07) is 6.79. The van der Waals surface area contributed by atoms with Crippen LogP contribution in [0, 0.1) is 11.3 Å². The summed E-state index contributed by atoms with van der Waals surface area (Å²) >= 11 is 0. The van der Waals surface area contributed by atoms with Crippen LogP contribution in [0.15, 0.2) is 59.7 Å². The number of halogens is 3. The van der Waals surface area contributed by atoms with Gasteiger partial charge in [-0.25, -0.2) is 14.9 Å². The summed E-state index contributed by atoms with van der Waals surface area (Å²) in [5, 5.41) is 12.6. The predicted molar refractivity (Wildman–Crippen MR) is 95.0 cm³/mol. The van der Waals surface area contributed by atoms with Crippen molar-refractivity contribution in [3.05, 3.63) is 60.4 Å². The molecule has 3 aromatic rings. The smallest absolute Gasteiger partial charge is 0.387 e. The highest BCUT2D eigenvalue weighted by atomic mass is 19.3. The molecule has 1 aromatic carbocycles. The molecule has 29 heavy (non-hydrogen) atoms. The number of H-pyrrole nitrogens is 1. The quantitative estimate of drug-likeness (QED) is 0.463. The van der Waals surface area contributed by atoms with Gasteiger partial charge >= 0.3 is 12.6 Å². The second-order valence-electron chi connectivity index (χ2n) is 5.40. The Bertz CT molecular complexity index is 996. The van der Waals surface area contributed by atoms with Crippen LogP contribution in [0.4, 0.5) is 18.9 Å². The Hall–Kier alpha value is -3.96. The van der Waals surface area contributed by atoms with Crippen LogP contribution in [-0.4, -0.2) is 33.4 Å². The maximum absolute atomic E-state index is 13.4. The number of anilines is 1. The molecule has 3 rings (SSSR count). The molecule has 0 atom stereocenters.